The van der Waals surface area contributed by atoms with Gasteiger partial charge in [0.25, 0.3) is 11.8 Å². The zero-order valence-electron chi connectivity index (χ0n) is 14.3. The minimum atomic E-state index is -0.234. The first kappa shape index (κ1) is 17.2. The van der Waals surface area contributed by atoms with Crippen molar-refractivity contribution in [3.05, 3.63) is 89.5 Å². The molecule has 2 amide bonds. The molecule has 0 aliphatic rings. The van der Waals surface area contributed by atoms with Gasteiger partial charge >= 0.3 is 0 Å². The number of carbonyl (C=O) groups excluding carboxylic acids is 2. The molecule has 0 aromatic heterocycles. The second kappa shape index (κ2) is 7.53. The Kier molecular flexibility index (Phi) is 4.99. The Morgan fingerprint density at radius 1 is 0.731 bits per heavy atom. The molecule has 0 spiro atoms. The number of amides is 2. The van der Waals surface area contributed by atoms with E-state index in [0.29, 0.717) is 22.5 Å². The molecular weight excluding hydrogens is 326 g/mol. The molecule has 0 unspecified atom stereocenters. The highest BCUT2D eigenvalue weighted by molar-refractivity contribution is 6.06. The van der Waals surface area contributed by atoms with Gasteiger partial charge < -0.3 is 16.4 Å². The predicted octanol–water partition coefficient (Wildman–Crippen LogP) is 4.08. The van der Waals surface area contributed by atoms with Crippen LogP contribution in [0.15, 0.2) is 72.8 Å². The zero-order valence-corrected chi connectivity index (χ0v) is 14.3. The van der Waals surface area contributed by atoms with Crippen LogP contribution in [0.4, 0.5) is 17.1 Å². The van der Waals surface area contributed by atoms with Crippen LogP contribution in [0.1, 0.15) is 26.3 Å². The summed E-state index contributed by atoms with van der Waals surface area (Å²) in [5.41, 5.74) is 9.63. The molecule has 5 nitrogen and oxygen atoms in total. The lowest BCUT2D eigenvalue weighted by Gasteiger charge is -2.09. The topological polar surface area (TPSA) is 84.2 Å². The van der Waals surface area contributed by atoms with Gasteiger partial charge in [-0.05, 0) is 67.1 Å². The summed E-state index contributed by atoms with van der Waals surface area (Å²) in [6, 6.07) is 21.0. The van der Waals surface area contributed by atoms with Gasteiger partial charge in [0.15, 0.2) is 0 Å². The van der Waals surface area contributed by atoms with E-state index in [-0.39, 0.29) is 11.8 Å². The third-order valence-electron chi connectivity index (χ3n) is 3.97. The number of hydrogen-bond donors (Lipinski definition) is 3. The number of nitrogen functional groups attached to an aromatic ring is 1. The summed E-state index contributed by atoms with van der Waals surface area (Å²) in [6.07, 6.45) is 0. The molecule has 0 atom stereocenters. The molecule has 5 heteroatoms. The fraction of sp³-hybridized carbons (Fsp3) is 0.0476. The Hall–Kier alpha value is -3.60. The molecule has 0 aliphatic heterocycles. The van der Waals surface area contributed by atoms with Gasteiger partial charge in [-0.15, -0.1) is 0 Å². The number of nitrogens with two attached hydrogens (primary N) is 1. The first-order chi connectivity index (χ1) is 12.5. The van der Waals surface area contributed by atoms with Crippen LogP contribution in [0.5, 0.6) is 0 Å². The number of benzene rings is 3. The Morgan fingerprint density at radius 3 is 1.88 bits per heavy atom. The Bertz CT molecular complexity index is 932. The average Bonchev–Trinajstić information content (AvgIpc) is 2.64. The maximum atomic E-state index is 12.3. The van der Waals surface area contributed by atoms with Crippen molar-refractivity contribution < 1.29 is 9.59 Å². The van der Waals surface area contributed by atoms with E-state index < -0.39 is 0 Å². The van der Waals surface area contributed by atoms with E-state index in [0.717, 1.165) is 11.3 Å². The van der Waals surface area contributed by atoms with E-state index in [1.807, 2.05) is 31.2 Å². The number of hydrogen-bond acceptors (Lipinski definition) is 3. The standard InChI is InChI=1S/C21H19N3O2/c1-14-4-2-3-5-19(14)24-21(26)16-8-12-18(13-9-16)23-20(25)15-6-10-17(22)11-7-15/h2-13H,22H2,1H3,(H,23,25)(H,24,26). The average molecular weight is 345 g/mol. The quantitative estimate of drug-likeness (QED) is 0.623. The van der Waals surface area contributed by atoms with Crippen molar-refractivity contribution in [1.82, 2.24) is 0 Å². The molecule has 0 fully saturated rings. The minimum absolute atomic E-state index is 0.198. The van der Waals surface area contributed by atoms with Gasteiger partial charge in [-0.1, -0.05) is 18.2 Å². The van der Waals surface area contributed by atoms with Crippen molar-refractivity contribution in [3.63, 3.8) is 0 Å². The van der Waals surface area contributed by atoms with Crippen molar-refractivity contribution in [3.8, 4) is 0 Å². The first-order valence-electron chi connectivity index (χ1n) is 8.17. The molecule has 3 rings (SSSR count). The monoisotopic (exact) mass is 345 g/mol. The number of aryl methyl sites for hydroxylation is 1. The second-order valence-electron chi connectivity index (χ2n) is 5.92. The highest BCUT2D eigenvalue weighted by atomic mass is 16.2. The summed E-state index contributed by atoms with van der Waals surface area (Å²) < 4.78 is 0. The van der Waals surface area contributed by atoms with Gasteiger partial charge in [0.1, 0.15) is 0 Å². The third kappa shape index (κ3) is 4.08. The van der Waals surface area contributed by atoms with Crippen LogP contribution >= 0.6 is 0 Å². The van der Waals surface area contributed by atoms with Gasteiger partial charge in [-0.3, -0.25) is 9.59 Å². The lowest BCUT2D eigenvalue weighted by Crippen LogP contribution is -2.14. The van der Waals surface area contributed by atoms with Crippen molar-refractivity contribution in [2.75, 3.05) is 16.4 Å². The molecule has 3 aromatic rings. The summed E-state index contributed by atoms with van der Waals surface area (Å²) in [6.45, 7) is 1.94. The van der Waals surface area contributed by atoms with E-state index in [1.165, 1.54) is 0 Å². The highest BCUT2D eigenvalue weighted by Gasteiger charge is 2.09. The van der Waals surface area contributed by atoms with Gasteiger partial charge in [0.05, 0.1) is 0 Å². The smallest absolute Gasteiger partial charge is 0.255 e. The number of rotatable bonds is 4. The van der Waals surface area contributed by atoms with E-state index in [2.05, 4.69) is 10.6 Å². The summed E-state index contributed by atoms with van der Waals surface area (Å²) in [5.74, 6) is -0.433. The molecule has 4 N–H and O–H groups in total. The predicted molar refractivity (Wildman–Crippen MR) is 104 cm³/mol. The lowest BCUT2D eigenvalue weighted by atomic mass is 10.1. The van der Waals surface area contributed by atoms with Crippen molar-refractivity contribution in [1.29, 1.82) is 0 Å². The van der Waals surface area contributed by atoms with Gasteiger partial charge in [-0.25, -0.2) is 0 Å². The summed E-state index contributed by atoms with van der Waals surface area (Å²) in [5, 5.41) is 5.67. The zero-order chi connectivity index (χ0) is 18.5. The van der Waals surface area contributed by atoms with Crippen LogP contribution < -0.4 is 16.4 Å². The molecule has 0 radical (unpaired) electrons. The van der Waals surface area contributed by atoms with Crippen LogP contribution in [0.3, 0.4) is 0 Å². The Morgan fingerprint density at radius 2 is 1.27 bits per heavy atom. The SMILES string of the molecule is Cc1ccccc1NC(=O)c1ccc(NC(=O)c2ccc(N)cc2)cc1. The second-order valence-corrected chi connectivity index (χ2v) is 5.92. The van der Waals surface area contributed by atoms with E-state index in [1.54, 1.807) is 48.5 Å². The minimum Gasteiger partial charge on any atom is -0.399 e. The Labute approximate surface area is 151 Å². The van der Waals surface area contributed by atoms with Crippen LogP contribution in [-0.4, -0.2) is 11.8 Å². The molecule has 0 saturated heterocycles. The van der Waals surface area contributed by atoms with Gasteiger partial charge in [0.2, 0.25) is 0 Å². The number of carbonyl (C=O) groups is 2. The molecule has 3 aromatic carbocycles. The Balaban J connectivity index is 1.66. The van der Waals surface area contributed by atoms with Crippen LogP contribution in [0.2, 0.25) is 0 Å². The third-order valence-corrected chi connectivity index (χ3v) is 3.97. The van der Waals surface area contributed by atoms with Gasteiger partial charge in [-0.2, -0.15) is 0 Å². The van der Waals surface area contributed by atoms with Crippen molar-refractivity contribution in [2.24, 2.45) is 0 Å². The number of anilines is 3. The molecular formula is C21H19N3O2. The highest BCUT2D eigenvalue weighted by Crippen LogP contribution is 2.16. The maximum Gasteiger partial charge on any atom is 0.255 e. The van der Waals surface area contributed by atoms with Crippen LogP contribution in [0, 0.1) is 6.92 Å². The number of para-hydroxylation sites is 1. The summed E-state index contributed by atoms with van der Waals surface area (Å²) >= 11 is 0. The van der Waals surface area contributed by atoms with Crippen molar-refractivity contribution in [2.45, 2.75) is 6.92 Å². The fourth-order valence-corrected chi connectivity index (χ4v) is 2.45. The molecule has 130 valence electrons. The largest absolute Gasteiger partial charge is 0.399 e. The maximum absolute atomic E-state index is 12.3. The molecule has 0 saturated carbocycles. The van der Waals surface area contributed by atoms with E-state index >= 15 is 0 Å². The molecule has 0 bridgehead atoms. The number of nitrogens with one attached hydrogen (secondary N) is 2. The van der Waals surface area contributed by atoms with Crippen LogP contribution in [0.25, 0.3) is 0 Å². The summed E-state index contributed by atoms with van der Waals surface area (Å²) in [4.78, 5) is 24.5. The molecule has 26 heavy (non-hydrogen) atoms. The molecule has 0 aliphatic carbocycles. The first-order valence-corrected chi connectivity index (χ1v) is 8.17. The van der Waals surface area contributed by atoms with Crippen LogP contribution in [-0.2, 0) is 0 Å². The lowest BCUT2D eigenvalue weighted by molar-refractivity contribution is 0.102. The normalized spacial score (nSPS) is 10.2. The van der Waals surface area contributed by atoms with E-state index in [4.69, 9.17) is 5.73 Å². The summed E-state index contributed by atoms with van der Waals surface area (Å²) in [7, 11) is 0. The fourth-order valence-electron chi connectivity index (χ4n) is 2.45. The van der Waals surface area contributed by atoms with E-state index in [9.17, 15) is 9.59 Å². The van der Waals surface area contributed by atoms with Gasteiger partial charge in [0, 0.05) is 28.2 Å². The van der Waals surface area contributed by atoms with Crippen molar-refractivity contribution >= 4 is 28.9 Å². The molecule has 0 heterocycles.